The van der Waals surface area contributed by atoms with Crippen LogP contribution in [0.4, 0.5) is 11.4 Å². The van der Waals surface area contributed by atoms with Gasteiger partial charge in [-0.25, -0.2) is 28.8 Å². The number of ether oxygens (including phenoxy) is 10. The number of methoxy groups -OCH3 is 2. The fourth-order valence-electron chi connectivity index (χ4n) is 6.80. The first-order valence-electron chi connectivity index (χ1n) is 30.2. The third-order valence-corrected chi connectivity index (χ3v) is 12.4. The van der Waals surface area contributed by atoms with Gasteiger partial charge in [0.25, 0.3) is 0 Å². The summed E-state index contributed by atoms with van der Waals surface area (Å²) in [5.41, 5.74) is 6.41. The molecule has 0 saturated carbocycles. The molecule has 0 aromatic heterocycles. The molecule has 0 bridgehead atoms. The number of unbranched alkanes of at least 4 members (excludes halogenated alkanes) is 2. The Morgan fingerprint density at radius 1 is 0.365 bits per heavy atom. The summed E-state index contributed by atoms with van der Waals surface area (Å²) in [6.07, 6.45) is 9.45. The van der Waals surface area contributed by atoms with Gasteiger partial charge >= 0.3 is 35.8 Å². The molecule has 96 heavy (non-hydrogen) atoms. The first-order valence-corrected chi connectivity index (χ1v) is 31.0. The molecule has 0 aliphatic rings. The van der Waals surface area contributed by atoms with E-state index in [2.05, 4.69) is 41.7 Å². The van der Waals surface area contributed by atoms with Crippen LogP contribution in [0, 0.1) is 27.7 Å². The Morgan fingerprint density at radius 3 is 0.927 bits per heavy atom. The minimum Gasteiger partial charge on any atom is -0.494 e. The van der Waals surface area contributed by atoms with E-state index in [9.17, 15) is 38.4 Å². The van der Waals surface area contributed by atoms with Gasteiger partial charge in [-0.2, -0.15) is 0 Å². The van der Waals surface area contributed by atoms with Gasteiger partial charge in [-0.15, -0.1) is 0 Å². The first-order chi connectivity index (χ1) is 46.0. The number of halogens is 2. The van der Waals surface area contributed by atoms with Gasteiger partial charge in [0.05, 0.1) is 72.2 Å². The van der Waals surface area contributed by atoms with E-state index in [0.29, 0.717) is 103 Å². The zero-order valence-corrected chi connectivity index (χ0v) is 57.4. The smallest absolute Gasteiger partial charge is 0.343 e. The Labute approximate surface area is 573 Å². The van der Waals surface area contributed by atoms with Gasteiger partial charge in [0.1, 0.15) is 23.0 Å². The maximum atomic E-state index is 12.0. The van der Waals surface area contributed by atoms with E-state index < -0.39 is 17.9 Å². The SMILES string of the molecule is C=CC(=O)OCCCCOC.C=CC(=O)OCCCCOc1ccc(C)cc1.C=CC(=O)OCCCOC.C=CC(=O)OCCCOc1ccc(C)cc1.CC(=O)Nc1ccc(OC(=O)c2ccc(C)cc2)cc1Cl.CC(=O)Nc1ccc(OC(=O)c2ccc(C)cc2)cc1Cl. The standard InChI is InChI=1S/2C16H14ClNO3.C14H18O3.C13H16O3.C8H14O3.C7H12O3/c2*1-10-3-5-12(6-4-10)16(20)21-13-7-8-15(14(17)9-13)18-11(2)19;1-3-14(15)17-11-5-4-10-16-13-8-6-12(2)7-9-13;1-3-13(14)16-10-4-9-15-12-7-5-11(2)6-8-12;1-3-8(9)11-7-5-4-6-10-2;1-3-7(8)10-6-4-5-9-2/h2*3-9H,1-2H3,(H,18,19);3,6-9H,1,4-5,10-11H2,2H3;3,5-8H,1,4,9-10H2,2H3;3H,1,4-7H2,2H3;3H,1,4-6H2,2H3. The molecule has 0 aliphatic carbocycles. The second-order valence-corrected chi connectivity index (χ2v) is 20.9. The van der Waals surface area contributed by atoms with Gasteiger partial charge in [0, 0.05) is 90.6 Å². The van der Waals surface area contributed by atoms with Crippen LogP contribution >= 0.6 is 23.2 Å². The normalized spacial score (nSPS) is 9.69. The summed E-state index contributed by atoms with van der Waals surface area (Å²) in [4.78, 5) is 88.2. The monoisotopic (exact) mass is 1360 g/mol. The molecule has 0 fully saturated rings. The van der Waals surface area contributed by atoms with E-state index in [0.717, 1.165) is 73.0 Å². The lowest BCUT2D eigenvalue weighted by Crippen LogP contribution is -2.09. The van der Waals surface area contributed by atoms with Crippen LogP contribution in [0.15, 0.2) is 184 Å². The van der Waals surface area contributed by atoms with Gasteiger partial charge in [-0.1, -0.05) is 120 Å². The van der Waals surface area contributed by atoms with Crippen LogP contribution in [-0.2, 0) is 57.2 Å². The predicted octanol–water partition coefficient (Wildman–Crippen LogP) is 14.9. The minimum atomic E-state index is -0.460. The van der Waals surface area contributed by atoms with E-state index in [1.54, 1.807) is 62.8 Å². The summed E-state index contributed by atoms with van der Waals surface area (Å²) >= 11 is 12.0. The second kappa shape index (κ2) is 51.5. The fourth-order valence-corrected chi connectivity index (χ4v) is 7.24. The summed E-state index contributed by atoms with van der Waals surface area (Å²) in [7, 11) is 3.26. The quantitative estimate of drug-likeness (QED) is 0.0140. The number of rotatable bonds is 30. The van der Waals surface area contributed by atoms with E-state index in [1.165, 1.54) is 43.2 Å². The minimum absolute atomic E-state index is 0.221. The van der Waals surface area contributed by atoms with Gasteiger partial charge < -0.3 is 58.0 Å². The van der Waals surface area contributed by atoms with Crippen molar-refractivity contribution in [3.05, 3.63) is 228 Å². The van der Waals surface area contributed by atoms with Crippen molar-refractivity contribution in [2.45, 2.75) is 80.1 Å². The molecule has 6 aromatic carbocycles. The molecule has 2 N–H and O–H groups in total. The molecule has 0 heterocycles. The van der Waals surface area contributed by atoms with Crippen molar-refractivity contribution in [2.24, 2.45) is 0 Å². The van der Waals surface area contributed by atoms with Crippen LogP contribution < -0.4 is 29.6 Å². The average Bonchev–Trinajstić information content (AvgIpc) is 0.940. The Kier molecular flexibility index (Phi) is 45.2. The molecule has 0 aliphatic heterocycles. The molecule has 6 rings (SSSR count). The molecule has 0 radical (unpaired) electrons. The summed E-state index contributed by atoms with van der Waals surface area (Å²) < 4.78 is 50.1. The second-order valence-electron chi connectivity index (χ2n) is 20.1. The van der Waals surface area contributed by atoms with Gasteiger partial charge in [-0.05, 0) is 126 Å². The number of hydrogen-bond donors (Lipinski definition) is 2. The van der Waals surface area contributed by atoms with E-state index in [4.69, 9.17) is 65.8 Å². The number of carbonyl (C=O) groups excluding carboxylic acids is 8. The maximum absolute atomic E-state index is 12.0. The van der Waals surface area contributed by atoms with Crippen molar-refractivity contribution in [2.75, 3.05) is 77.7 Å². The van der Waals surface area contributed by atoms with Gasteiger partial charge in [0.15, 0.2) is 0 Å². The molecule has 516 valence electrons. The third kappa shape index (κ3) is 41.7. The largest absolute Gasteiger partial charge is 0.494 e. The number of anilines is 2. The number of benzene rings is 6. The Bertz CT molecular complexity index is 3230. The lowest BCUT2D eigenvalue weighted by Gasteiger charge is -2.08. The van der Waals surface area contributed by atoms with Crippen molar-refractivity contribution in [1.29, 1.82) is 0 Å². The molecule has 0 spiro atoms. The number of aryl methyl sites for hydroxylation is 4. The zero-order chi connectivity index (χ0) is 71.5. The highest BCUT2D eigenvalue weighted by molar-refractivity contribution is 6.34. The van der Waals surface area contributed by atoms with Gasteiger partial charge in [0.2, 0.25) is 11.8 Å². The first kappa shape index (κ1) is 84.2. The summed E-state index contributed by atoms with van der Waals surface area (Å²) in [6, 6.07) is 39.2. The van der Waals surface area contributed by atoms with E-state index in [1.807, 2.05) is 100 Å². The zero-order valence-electron chi connectivity index (χ0n) is 55.8. The summed E-state index contributed by atoms with van der Waals surface area (Å²) in [6.45, 7) is 28.0. The number of nitrogens with one attached hydrogen (secondary N) is 2. The van der Waals surface area contributed by atoms with Crippen LogP contribution in [0.25, 0.3) is 0 Å². The summed E-state index contributed by atoms with van der Waals surface area (Å²) in [5, 5.41) is 5.77. The molecule has 22 heteroatoms. The third-order valence-electron chi connectivity index (χ3n) is 11.8. The molecule has 2 amide bonds. The molecular formula is C74H88Cl2N2O18. The van der Waals surface area contributed by atoms with Crippen molar-refractivity contribution in [3.63, 3.8) is 0 Å². The number of carbonyl (C=O) groups is 8. The van der Waals surface area contributed by atoms with Crippen molar-refractivity contribution >= 4 is 82.2 Å². The van der Waals surface area contributed by atoms with Crippen molar-refractivity contribution < 1.29 is 85.7 Å². The highest BCUT2D eigenvalue weighted by Gasteiger charge is 2.13. The maximum Gasteiger partial charge on any atom is 0.343 e. The topological polar surface area (TPSA) is 253 Å². The number of esters is 6. The predicted molar refractivity (Wildman–Crippen MR) is 373 cm³/mol. The van der Waals surface area contributed by atoms with E-state index in [-0.39, 0.29) is 29.7 Å². The molecule has 0 saturated heterocycles. The molecule has 0 atom stereocenters. The lowest BCUT2D eigenvalue weighted by molar-refractivity contribution is -0.138. The molecule has 20 nitrogen and oxygen atoms in total. The van der Waals surface area contributed by atoms with Crippen LogP contribution in [0.5, 0.6) is 23.0 Å². The van der Waals surface area contributed by atoms with Crippen LogP contribution in [-0.4, -0.2) is 115 Å². The Morgan fingerprint density at radius 2 is 0.625 bits per heavy atom. The lowest BCUT2D eigenvalue weighted by atomic mass is 10.1. The van der Waals surface area contributed by atoms with Crippen molar-refractivity contribution in [3.8, 4) is 23.0 Å². The average molecular weight is 1360 g/mol. The number of hydrogen-bond acceptors (Lipinski definition) is 18. The molecular weight excluding hydrogens is 1280 g/mol. The van der Waals surface area contributed by atoms with Crippen LogP contribution in [0.1, 0.15) is 95.3 Å². The Balaban J connectivity index is 0.000000588. The Hall–Kier alpha value is -9.86. The molecule has 6 aromatic rings. The molecule has 0 unspecified atom stereocenters. The van der Waals surface area contributed by atoms with Crippen LogP contribution in [0.2, 0.25) is 10.0 Å². The highest BCUT2D eigenvalue weighted by Crippen LogP contribution is 2.29. The number of amides is 2. The van der Waals surface area contributed by atoms with E-state index >= 15 is 0 Å². The fraction of sp³-hybridized carbons (Fsp3) is 0.297. The summed E-state index contributed by atoms with van der Waals surface area (Å²) in [5.74, 6) is -0.517. The van der Waals surface area contributed by atoms with Crippen LogP contribution in [0.3, 0.4) is 0 Å². The van der Waals surface area contributed by atoms with Crippen molar-refractivity contribution in [1.82, 2.24) is 0 Å². The highest BCUT2D eigenvalue weighted by atomic mass is 35.5. The van der Waals surface area contributed by atoms with Gasteiger partial charge in [-0.3, -0.25) is 9.59 Å².